The van der Waals surface area contributed by atoms with E-state index in [-0.39, 0.29) is 5.56 Å². The number of nitrogens with zero attached hydrogens (tertiary/aromatic N) is 1. The second kappa shape index (κ2) is 6.56. The van der Waals surface area contributed by atoms with E-state index in [0.717, 1.165) is 18.2 Å². The number of esters is 2. The molecule has 0 amide bonds. The molecular weight excluding hydrogens is 342 g/mol. The van der Waals surface area contributed by atoms with E-state index in [0.29, 0.717) is 0 Å². The molecule has 0 atom stereocenters. The zero-order valence-corrected chi connectivity index (χ0v) is 12.6. The maximum Gasteiger partial charge on any atom is 0.347 e. The van der Waals surface area contributed by atoms with Gasteiger partial charge in [0.05, 0.1) is 16.1 Å². The number of carbonyl (C=O) groups excluding carboxylic acids is 2. The van der Waals surface area contributed by atoms with Gasteiger partial charge in [-0.25, -0.2) is 9.59 Å². The van der Waals surface area contributed by atoms with Crippen molar-refractivity contribution < 1.29 is 32.2 Å². The second-order valence-electron chi connectivity index (χ2n) is 4.43. The van der Waals surface area contributed by atoms with Crippen molar-refractivity contribution in [2.24, 2.45) is 0 Å². The molecular formula is C14H9NO8S. The SMILES string of the molecule is O=C(OC(=O)c1cccc([N+](=O)[O-])c1S(=O)(=O)O)c1ccccc1. The predicted octanol–water partition coefficient (Wildman–Crippen LogP) is 1.84. The van der Waals surface area contributed by atoms with Gasteiger partial charge in [-0.05, 0) is 18.2 Å². The first kappa shape index (κ1) is 17.2. The highest BCUT2D eigenvalue weighted by atomic mass is 32.2. The van der Waals surface area contributed by atoms with Crippen LogP contribution in [0.1, 0.15) is 20.7 Å². The van der Waals surface area contributed by atoms with Gasteiger partial charge in [-0.15, -0.1) is 0 Å². The average molecular weight is 351 g/mol. The summed E-state index contributed by atoms with van der Waals surface area (Å²) in [6.07, 6.45) is 0. The molecule has 0 unspecified atom stereocenters. The minimum Gasteiger partial charge on any atom is -0.386 e. The van der Waals surface area contributed by atoms with E-state index in [4.69, 9.17) is 0 Å². The van der Waals surface area contributed by atoms with Crippen molar-refractivity contribution >= 4 is 27.7 Å². The van der Waals surface area contributed by atoms with Crippen LogP contribution in [0, 0.1) is 10.1 Å². The summed E-state index contributed by atoms with van der Waals surface area (Å²) in [5.74, 6) is -2.52. The van der Waals surface area contributed by atoms with Gasteiger partial charge in [0, 0.05) is 6.07 Å². The highest BCUT2D eigenvalue weighted by Gasteiger charge is 2.32. The maximum atomic E-state index is 12.0. The van der Waals surface area contributed by atoms with Gasteiger partial charge in [-0.2, -0.15) is 8.42 Å². The lowest BCUT2D eigenvalue weighted by Gasteiger charge is -2.07. The number of hydrogen-bond donors (Lipinski definition) is 1. The minimum atomic E-state index is -5.11. The van der Waals surface area contributed by atoms with Crippen LogP contribution < -0.4 is 0 Å². The van der Waals surface area contributed by atoms with Crippen LogP contribution in [0.4, 0.5) is 5.69 Å². The van der Waals surface area contributed by atoms with Crippen LogP contribution >= 0.6 is 0 Å². The monoisotopic (exact) mass is 351 g/mol. The summed E-state index contributed by atoms with van der Waals surface area (Å²) in [6, 6.07) is 10.1. The molecule has 0 radical (unpaired) electrons. The van der Waals surface area contributed by atoms with Crippen LogP contribution in [0.25, 0.3) is 0 Å². The van der Waals surface area contributed by atoms with Crippen molar-refractivity contribution in [1.29, 1.82) is 0 Å². The van der Waals surface area contributed by atoms with Crippen LogP contribution in [0.2, 0.25) is 0 Å². The van der Waals surface area contributed by atoms with Gasteiger partial charge in [-0.3, -0.25) is 14.7 Å². The van der Waals surface area contributed by atoms with E-state index in [2.05, 4.69) is 4.74 Å². The fourth-order valence-corrected chi connectivity index (χ4v) is 2.71. The van der Waals surface area contributed by atoms with Gasteiger partial charge >= 0.3 is 22.1 Å². The molecule has 2 aromatic rings. The summed E-state index contributed by atoms with van der Waals surface area (Å²) in [5.41, 5.74) is -1.82. The molecule has 0 aromatic heterocycles. The number of ether oxygens (including phenoxy) is 1. The summed E-state index contributed by atoms with van der Waals surface area (Å²) in [4.78, 5) is 32.4. The zero-order valence-electron chi connectivity index (χ0n) is 11.8. The van der Waals surface area contributed by atoms with Crippen molar-refractivity contribution in [1.82, 2.24) is 0 Å². The number of nitro groups is 1. The van der Waals surface area contributed by atoms with Crippen molar-refractivity contribution in [2.45, 2.75) is 4.90 Å². The Morgan fingerprint density at radius 3 is 2.17 bits per heavy atom. The van der Waals surface area contributed by atoms with E-state index < -0.39 is 43.1 Å². The Hall–Kier alpha value is -3.11. The largest absolute Gasteiger partial charge is 0.386 e. The third-order valence-electron chi connectivity index (χ3n) is 2.86. The Bertz CT molecular complexity index is 921. The summed E-state index contributed by atoms with van der Waals surface area (Å²) < 4.78 is 36.5. The van der Waals surface area contributed by atoms with Gasteiger partial charge in [0.25, 0.3) is 5.69 Å². The van der Waals surface area contributed by atoms with Crippen molar-refractivity contribution in [3.63, 3.8) is 0 Å². The van der Waals surface area contributed by atoms with Crippen molar-refractivity contribution in [3.8, 4) is 0 Å². The number of benzene rings is 2. The fourth-order valence-electron chi connectivity index (χ4n) is 1.87. The smallest absolute Gasteiger partial charge is 0.347 e. The molecule has 0 heterocycles. The first-order valence-corrected chi connectivity index (χ1v) is 7.72. The molecule has 0 spiro atoms. The molecule has 0 saturated carbocycles. The average Bonchev–Trinajstić information content (AvgIpc) is 2.54. The quantitative estimate of drug-likeness (QED) is 0.289. The third-order valence-corrected chi connectivity index (χ3v) is 3.81. The number of nitro benzene ring substituents is 1. The Balaban J connectivity index is 2.45. The van der Waals surface area contributed by atoms with E-state index in [1.165, 1.54) is 24.3 Å². The highest BCUT2D eigenvalue weighted by Crippen LogP contribution is 2.28. The summed E-state index contributed by atoms with van der Waals surface area (Å²) in [7, 11) is -5.11. The highest BCUT2D eigenvalue weighted by molar-refractivity contribution is 7.86. The van der Waals surface area contributed by atoms with Gasteiger partial charge in [0.15, 0.2) is 4.90 Å². The first-order chi connectivity index (χ1) is 11.2. The maximum absolute atomic E-state index is 12.0. The van der Waals surface area contributed by atoms with Crippen LogP contribution in [0.3, 0.4) is 0 Å². The first-order valence-electron chi connectivity index (χ1n) is 6.28. The van der Waals surface area contributed by atoms with Crippen molar-refractivity contribution in [3.05, 3.63) is 69.8 Å². The molecule has 0 fully saturated rings. The Kier molecular flexibility index (Phi) is 4.71. The normalized spacial score (nSPS) is 10.9. The molecule has 0 aliphatic rings. The molecule has 2 rings (SSSR count). The summed E-state index contributed by atoms with van der Waals surface area (Å²) >= 11 is 0. The van der Waals surface area contributed by atoms with Crippen LogP contribution in [-0.4, -0.2) is 29.8 Å². The summed E-state index contributed by atoms with van der Waals surface area (Å²) in [6.45, 7) is 0. The standard InChI is InChI=1S/C14H9NO8S/c16-13(9-5-2-1-3-6-9)23-14(17)10-7-4-8-11(15(18)19)12(10)24(20,21)22/h1-8H,(H,20,21,22). The Morgan fingerprint density at radius 1 is 1.00 bits per heavy atom. The van der Waals surface area contributed by atoms with E-state index in [1.54, 1.807) is 6.07 Å². The van der Waals surface area contributed by atoms with Crippen LogP contribution in [-0.2, 0) is 14.9 Å². The lowest BCUT2D eigenvalue weighted by molar-refractivity contribution is -0.387. The molecule has 0 aliphatic carbocycles. The Morgan fingerprint density at radius 2 is 1.62 bits per heavy atom. The molecule has 0 aliphatic heterocycles. The van der Waals surface area contributed by atoms with Gasteiger partial charge < -0.3 is 4.74 Å². The van der Waals surface area contributed by atoms with Gasteiger partial charge in [-0.1, -0.05) is 24.3 Å². The van der Waals surface area contributed by atoms with Crippen molar-refractivity contribution in [2.75, 3.05) is 0 Å². The second-order valence-corrected chi connectivity index (χ2v) is 5.79. The number of carbonyl (C=O) groups is 2. The van der Waals surface area contributed by atoms with E-state index in [9.17, 15) is 32.7 Å². The molecule has 0 bridgehead atoms. The molecule has 10 heteroatoms. The fraction of sp³-hybridized carbons (Fsp3) is 0. The molecule has 24 heavy (non-hydrogen) atoms. The number of hydrogen-bond acceptors (Lipinski definition) is 7. The molecule has 124 valence electrons. The molecule has 9 nitrogen and oxygen atoms in total. The van der Waals surface area contributed by atoms with Crippen LogP contribution in [0.5, 0.6) is 0 Å². The van der Waals surface area contributed by atoms with Gasteiger partial charge in [0.1, 0.15) is 0 Å². The minimum absolute atomic E-state index is 0.0182. The lowest BCUT2D eigenvalue weighted by atomic mass is 10.2. The molecule has 0 saturated heterocycles. The zero-order chi connectivity index (χ0) is 17.9. The lowest BCUT2D eigenvalue weighted by Crippen LogP contribution is -2.17. The summed E-state index contributed by atoms with van der Waals surface area (Å²) in [5, 5.41) is 10.9. The predicted molar refractivity (Wildman–Crippen MR) is 79.1 cm³/mol. The number of rotatable bonds is 4. The van der Waals surface area contributed by atoms with E-state index in [1.807, 2.05) is 0 Å². The topological polar surface area (TPSA) is 141 Å². The molecule has 2 aromatic carbocycles. The van der Waals surface area contributed by atoms with Gasteiger partial charge in [0.2, 0.25) is 0 Å². The third kappa shape index (κ3) is 3.62. The van der Waals surface area contributed by atoms with E-state index >= 15 is 0 Å². The molecule has 1 N–H and O–H groups in total. The Labute approximate surface area is 135 Å². The van der Waals surface area contributed by atoms with Crippen LogP contribution in [0.15, 0.2) is 53.4 Å².